The number of carbonyl (C=O) groups is 1. The van der Waals surface area contributed by atoms with Gasteiger partial charge in [-0.1, -0.05) is 0 Å². The topological polar surface area (TPSA) is 62.5 Å². The summed E-state index contributed by atoms with van der Waals surface area (Å²) in [5, 5.41) is 2.49. The Hall–Kier alpha value is -1.19. The molecule has 0 unspecified atom stereocenters. The summed E-state index contributed by atoms with van der Waals surface area (Å²) in [6, 6.07) is 0. The van der Waals surface area contributed by atoms with Gasteiger partial charge in [0.25, 0.3) is 5.91 Å². The monoisotopic (exact) mass is 336 g/mol. The van der Waals surface area contributed by atoms with Gasteiger partial charge in [-0.25, -0.2) is 4.98 Å². The van der Waals surface area contributed by atoms with Gasteiger partial charge in [-0.15, -0.1) is 11.3 Å². The zero-order valence-corrected chi connectivity index (χ0v) is 12.9. The van der Waals surface area contributed by atoms with Crippen molar-refractivity contribution < 1.29 is 18.0 Å². The Bertz CT molecular complexity index is 506. The fourth-order valence-corrected chi connectivity index (χ4v) is 3.18. The van der Waals surface area contributed by atoms with Crippen molar-refractivity contribution in [3.63, 3.8) is 0 Å². The van der Waals surface area contributed by atoms with Gasteiger partial charge in [-0.2, -0.15) is 13.2 Å². The van der Waals surface area contributed by atoms with Crippen molar-refractivity contribution >= 4 is 17.2 Å². The van der Waals surface area contributed by atoms with Gasteiger partial charge in [0, 0.05) is 38.0 Å². The number of hydrogen-bond donors (Lipinski definition) is 1. The first-order valence-corrected chi connectivity index (χ1v) is 8.00. The van der Waals surface area contributed by atoms with Gasteiger partial charge in [-0.3, -0.25) is 9.69 Å². The normalized spacial score (nSPS) is 17.5. The van der Waals surface area contributed by atoms with Crippen molar-refractivity contribution in [3.05, 3.63) is 16.1 Å². The standard InChI is InChI=1S/C13H19F3N4OS/c14-13(15,16)9-19-4-1-5-20(7-6-19)12(21)10-8-22-11(18-10)2-3-17/h8H,1-7,9,17H2. The molecule has 1 saturated heterocycles. The lowest BCUT2D eigenvalue weighted by molar-refractivity contribution is -0.145. The van der Waals surface area contributed by atoms with E-state index >= 15 is 0 Å². The van der Waals surface area contributed by atoms with Crippen LogP contribution in [-0.2, 0) is 6.42 Å². The van der Waals surface area contributed by atoms with Crippen molar-refractivity contribution in [2.24, 2.45) is 5.73 Å². The van der Waals surface area contributed by atoms with E-state index in [1.165, 1.54) is 16.2 Å². The van der Waals surface area contributed by atoms with Crippen LogP contribution in [0.15, 0.2) is 5.38 Å². The van der Waals surface area contributed by atoms with E-state index in [1.807, 2.05) is 0 Å². The van der Waals surface area contributed by atoms with Crippen molar-refractivity contribution in [3.8, 4) is 0 Å². The number of nitrogens with zero attached hydrogens (tertiary/aromatic N) is 3. The van der Waals surface area contributed by atoms with Crippen LogP contribution in [0.25, 0.3) is 0 Å². The molecule has 1 aromatic rings. The maximum atomic E-state index is 12.4. The Labute approximate surface area is 130 Å². The van der Waals surface area contributed by atoms with Crippen molar-refractivity contribution in [2.75, 3.05) is 39.3 Å². The number of carbonyl (C=O) groups excluding carboxylic acids is 1. The van der Waals surface area contributed by atoms with E-state index in [0.29, 0.717) is 44.7 Å². The third-order valence-corrected chi connectivity index (χ3v) is 4.32. The van der Waals surface area contributed by atoms with Gasteiger partial charge >= 0.3 is 6.18 Å². The van der Waals surface area contributed by atoms with Gasteiger partial charge in [0.05, 0.1) is 11.6 Å². The van der Waals surface area contributed by atoms with Crippen molar-refractivity contribution in [2.45, 2.75) is 19.0 Å². The lowest BCUT2D eigenvalue weighted by Crippen LogP contribution is -2.38. The molecule has 22 heavy (non-hydrogen) atoms. The van der Waals surface area contributed by atoms with E-state index in [2.05, 4.69) is 4.98 Å². The van der Waals surface area contributed by atoms with Crippen LogP contribution in [0.5, 0.6) is 0 Å². The molecule has 1 aliphatic heterocycles. The molecule has 1 fully saturated rings. The Morgan fingerprint density at radius 2 is 2.09 bits per heavy atom. The molecular formula is C13H19F3N4OS. The summed E-state index contributed by atoms with van der Waals surface area (Å²) in [6.07, 6.45) is -3.05. The smallest absolute Gasteiger partial charge is 0.336 e. The number of aromatic nitrogens is 1. The summed E-state index contributed by atoms with van der Waals surface area (Å²) in [7, 11) is 0. The number of hydrogen-bond acceptors (Lipinski definition) is 5. The Balaban J connectivity index is 1.93. The second-order valence-electron chi connectivity index (χ2n) is 5.20. The molecule has 1 aliphatic rings. The van der Waals surface area contributed by atoms with E-state index in [1.54, 1.807) is 10.3 Å². The summed E-state index contributed by atoms with van der Waals surface area (Å²) >= 11 is 1.38. The highest BCUT2D eigenvalue weighted by molar-refractivity contribution is 7.09. The van der Waals surface area contributed by atoms with Crippen LogP contribution < -0.4 is 5.73 Å². The maximum absolute atomic E-state index is 12.4. The molecule has 1 aromatic heterocycles. The molecule has 0 spiro atoms. The predicted molar refractivity (Wildman–Crippen MR) is 77.9 cm³/mol. The fourth-order valence-electron chi connectivity index (χ4n) is 2.40. The van der Waals surface area contributed by atoms with Gasteiger partial charge < -0.3 is 10.6 Å². The Kier molecular flexibility index (Phi) is 5.76. The van der Waals surface area contributed by atoms with Crippen LogP contribution in [0.2, 0.25) is 0 Å². The van der Waals surface area contributed by atoms with Crippen molar-refractivity contribution in [1.29, 1.82) is 0 Å². The summed E-state index contributed by atoms with van der Waals surface area (Å²) in [6.45, 7) is 0.864. The van der Waals surface area contributed by atoms with E-state index < -0.39 is 12.7 Å². The Morgan fingerprint density at radius 3 is 2.77 bits per heavy atom. The molecule has 124 valence electrons. The first kappa shape index (κ1) is 17.2. The van der Waals surface area contributed by atoms with E-state index in [0.717, 1.165) is 5.01 Å². The Morgan fingerprint density at radius 1 is 1.32 bits per heavy atom. The van der Waals surface area contributed by atoms with Gasteiger partial charge in [0.15, 0.2) is 0 Å². The number of amides is 1. The van der Waals surface area contributed by atoms with E-state index in [9.17, 15) is 18.0 Å². The van der Waals surface area contributed by atoms with Gasteiger partial charge in [0.2, 0.25) is 0 Å². The minimum Gasteiger partial charge on any atom is -0.336 e. The predicted octanol–water partition coefficient (Wildman–Crippen LogP) is 1.35. The number of thiazole rings is 1. The average Bonchev–Trinajstić information content (AvgIpc) is 2.77. The summed E-state index contributed by atoms with van der Waals surface area (Å²) in [4.78, 5) is 19.5. The molecule has 0 atom stereocenters. The summed E-state index contributed by atoms with van der Waals surface area (Å²) in [5.74, 6) is -0.214. The minimum atomic E-state index is -4.20. The lowest BCUT2D eigenvalue weighted by Gasteiger charge is -2.22. The second kappa shape index (κ2) is 7.38. The van der Waals surface area contributed by atoms with Crippen LogP contribution in [0, 0.1) is 0 Å². The lowest BCUT2D eigenvalue weighted by atomic mass is 10.3. The van der Waals surface area contributed by atoms with E-state index in [-0.39, 0.29) is 12.5 Å². The largest absolute Gasteiger partial charge is 0.401 e. The highest BCUT2D eigenvalue weighted by atomic mass is 32.1. The highest BCUT2D eigenvalue weighted by Gasteiger charge is 2.32. The molecule has 0 saturated carbocycles. The molecule has 2 N–H and O–H groups in total. The molecule has 2 rings (SSSR count). The highest BCUT2D eigenvalue weighted by Crippen LogP contribution is 2.18. The third kappa shape index (κ3) is 4.92. The molecule has 9 heteroatoms. The summed E-state index contributed by atoms with van der Waals surface area (Å²) < 4.78 is 37.3. The molecule has 0 radical (unpaired) electrons. The number of nitrogens with two attached hydrogens (primary N) is 1. The number of alkyl halides is 3. The third-order valence-electron chi connectivity index (χ3n) is 3.41. The molecule has 0 aromatic carbocycles. The molecule has 1 amide bonds. The van der Waals surface area contributed by atoms with Crippen LogP contribution in [-0.4, -0.2) is 66.1 Å². The molecule has 0 bridgehead atoms. The van der Waals surface area contributed by atoms with Crippen LogP contribution in [0.4, 0.5) is 13.2 Å². The zero-order valence-electron chi connectivity index (χ0n) is 12.1. The SMILES string of the molecule is NCCc1nc(C(=O)N2CCCN(CC(F)(F)F)CC2)cs1. The first-order chi connectivity index (χ1) is 10.4. The number of halogens is 3. The van der Waals surface area contributed by atoms with Crippen LogP contribution >= 0.6 is 11.3 Å². The van der Waals surface area contributed by atoms with E-state index in [4.69, 9.17) is 5.73 Å². The zero-order chi connectivity index (χ0) is 16.2. The molecular weight excluding hydrogens is 317 g/mol. The maximum Gasteiger partial charge on any atom is 0.401 e. The first-order valence-electron chi connectivity index (χ1n) is 7.12. The van der Waals surface area contributed by atoms with Gasteiger partial charge in [-0.05, 0) is 13.0 Å². The quantitative estimate of drug-likeness (QED) is 0.902. The minimum absolute atomic E-state index is 0.214. The van der Waals surface area contributed by atoms with Crippen LogP contribution in [0.1, 0.15) is 21.9 Å². The molecule has 5 nitrogen and oxygen atoms in total. The second-order valence-corrected chi connectivity index (χ2v) is 6.14. The van der Waals surface area contributed by atoms with Gasteiger partial charge in [0.1, 0.15) is 5.69 Å². The number of rotatable bonds is 4. The average molecular weight is 336 g/mol. The fraction of sp³-hybridized carbons (Fsp3) is 0.692. The molecule has 0 aliphatic carbocycles. The summed E-state index contributed by atoms with van der Waals surface area (Å²) in [5.41, 5.74) is 5.81. The van der Waals surface area contributed by atoms with Crippen molar-refractivity contribution in [1.82, 2.24) is 14.8 Å². The molecule has 2 heterocycles. The van der Waals surface area contributed by atoms with Crippen LogP contribution in [0.3, 0.4) is 0 Å².